The minimum atomic E-state index is -3.09. The average Bonchev–Trinajstić information content (AvgIpc) is 2.88. The van der Waals surface area contributed by atoms with Crippen LogP contribution in [0.4, 0.5) is 4.39 Å². The van der Waals surface area contributed by atoms with Crippen LogP contribution in [0.2, 0.25) is 0 Å². The van der Waals surface area contributed by atoms with Gasteiger partial charge in [-0.05, 0) is 25.3 Å². The molecule has 1 aliphatic carbocycles. The lowest BCUT2D eigenvalue weighted by Gasteiger charge is -2.38. The summed E-state index contributed by atoms with van der Waals surface area (Å²) < 4.78 is 37.1. The number of amides is 1. The Balaban J connectivity index is 1.89. The Morgan fingerprint density at radius 3 is 2.48 bits per heavy atom. The maximum absolute atomic E-state index is 13.4. The van der Waals surface area contributed by atoms with Crippen molar-refractivity contribution in [1.82, 2.24) is 9.88 Å². The van der Waals surface area contributed by atoms with Crippen LogP contribution < -0.4 is 0 Å². The third-order valence-electron chi connectivity index (χ3n) is 4.76. The van der Waals surface area contributed by atoms with E-state index >= 15 is 0 Å². The Morgan fingerprint density at radius 2 is 1.87 bits per heavy atom. The van der Waals surface area contributed by atoms with Gasteiger partial charge >= 0.3 is 0 Å². The molecule has 1 aliphatic heterocycles. The number of carbonyl (C=O) groups is 1. The molecule has 2 aliphatic rings. The molecule has 1 aromatic rings. The standard InChI is InChI=1S/C16H21FN2O3S/c17-13-8-12(9-18-10-13)16(20)19(14-4-2-1-3-5-14)15-6-7-23(21,22)11-15/h8-10,14-15H,1-7,11H2/t15-/m0/s1. The Kier molecular flexibility index (Phi) is 4.66. The highest BCUT2D eigenvalue weighted by molar-refractivity contribution is 7.91. The first-order valence-corrected chi connectivity index (χ1v) is 9.92. The summed E-state index contributed by atoms with van der Waals surface area (Å²) in [6, 6.07) is 0.908. The van der Waals surface area contributed by atoms with Gasteiger partial charge in [-0.15, -0.1) is 0 Å². The molecule has 0 N–H and O–H groups in total. The number of pyridine rings is 1. The summed E-state index contributed by atoms with van der Waals surface area (Å²) in [5, 5.41) is 0. The van der Waals surface area contributed by atoms with E-state index in [0.717, 1.165) is 38.3 Å². The van der Waals surface area contributed by atoms with Crippen LogP contribution in [0.5, 0.6) is 0 Å². The number of carbonyl (C=O) groups excluding carboxylic acids is 1. The minimum Gasteiger partial charge on any atom is -0.332 e. The molecule has 1 saturated carbocycles. The summed E-state index contributed by atoms with van der Waals surface area (Å²) in [4.78, 5) is 18.4. The van der Waals surface area contributed by atoms with Gasteiger partial charge in [-0.2, -0.15) is 0 Å². The molecule has 7 heteroatoms. The van der Waals surface area contributed by atoms with E-state index in [1.165, 1.54) is 12.3 Å². The SMILES string of the molecule is O=C(c1cncc(F)c1)N(C1CCCCC1)[C@H]1CCS(=O)(=O)C1. The van der Waals surface area contributed by atoms with Gasteiger partial charge in [0.2, 0.25) is 0 Å². The zero-order valence-corrected chi connectivity index (χ0v) is 13.8. The molecule has 126 valence electrons. The summed E-state index contributed by atoms with van der Waals surface area (Å²) in [7, 11) is -3.09. The van der Waals surface area contributed by atoms with E-state index < -0.39 is 15.7 Å². The molecule has 0 spiro atoms. The normalized spacial score (nSPS) is 24.5. The Bertz CT molecular complexity index is 686. The van der Waals surface area contributed by atoms with Gasteiger partial charge in [-0.3, -0.25) is 9.78 Å². The fraction of sp³-hybridized carbons (Fsp3) is 0.625. The molecule has 1 aromatic heterocycles. The second-order valence-corrected chi connectivity index (χ2v) is 8.68. The van der Waals surface area contributed by atoms with Crippen LogP contribution in [0, 0.1) is 5.82 Å². The third kappa shape index (κ3) is 3.71. The van der Waals surface area contributed by atoms with Gasteiger partial charge in [-0.25, -0.2) is 12.8 Å². The summed E-state index contributed by atoms with van der Waals surface area (Å²) in [6.07, 6.45) is 7.85. The highest BCUT2D eigenvalue weighted by Gasteiger charge is 2.38. The molecule has 1 amide bonds. The molecule has 0 aromatic carbocycles. The Hall–Kier alpha value is -1.50. The van der Waals surface area contributed by atoms with Gasteiger partial charge < -0.3 is 4.90 Å². The quantitative estimate of drug-likeness (QED) is 0.846. The number of aromatic nitrogens is 1. The van der Waals surface area contributed by atoms with E-state index in [1.54, 1.807) is 4.90 Å². The largest absolute Gasteiger partial charge is 0.332 e. The van der Waals surface area contributed by atoms with Gasteiger partial charge in [0.05, 0.1) is 23.3 Å². The van der Waals surface area contributed by atoms with Crippen LogP contribution in [0.1, 0.15) is 48.9 Å². The molecule has 0 bridgehead atoms. The van der Waals surface area contributed by atoms with E-state index in [1.807, 2.05) is 0 Å². The fourth-order valence-corrected chi connectivity index (χ4v) is 5.37. The Labute approximate surface area is 135 Å². The fourth-order valence-electron chi connectivity index (χ4n) is 3.66. The van der Waals surface area contributed by atoms with Crippen molar-refractivity contribution in [2.75, 3.05) is 11.5 Å². The molecule has 0 unspecified atom stereocenters. The van der Waals surface area contributed by atoms with Crippen LogP contribution in [0.15, 0.2) is 18.5 Å². The number of nitrogens with zero attached hydrogens (tertiary/aromatic N) is 2. The lowest BCUT2D eigenvalue weighted by atomic mass is 9.92. The van der Waals surface area contributed by atoms with E-state index in [-0.39, 0.29) is 35.1 Å². The van der Waals surface area contributed by atoms with Gasteiger partial charge in [-0.1, -0.05) is 19.3 Å². The smallest absolute Gasteiger partial charge is 0.256 e. The highest BCUT2D eigenvalue weighted by Crippen LogP contribution is 2.29. The first kappa shape index (κ1) is 16.4. The zero-order valence-electron chi connectivity index (χ0n) is 12.9. The van der Waals surface area contributed by atoms with Crippen molar-refractivity contribution in [2.45, 2.75) is 50.6 Å². The molecule has 3 rings (SSSR count). The van der Waals surface area contributed by atoms with Crippen molar-refractivity contribution in [2.24, 2.45) is 0 Å². The van der Waals surface area contributed by atoms with Gasteiger partial charge in [0, 0.05) is 18.3 Å². The molecule has 2 fully saturated rings. The van der Waals surface area contributed by atoms with Crippen LogP contribution >= 0.6 is 0 Å². The number of sulfone groups is 1. The van der Waals surface area contributed by atoms with Gasteiger partial charge in [0.15, 0.2) is 9.84 Å². The van der Waals surface area contributed by atoms with Crippen molar-refractivity contribution in [3.63, 3.8) is 0 Å². The molecule has 1 atom stereocenters. The molecule has 1 saturated heterocycles. The molecule has 5 nitrogen and oxygen atoms in total. The maximum atomic E-state index is 13.4. The van der Waals surface area contributed by atoms with Gasteiger partial charge in [0.1, 0.15) is 5.82 Å². The van der Waals surface area contributed by atoms with E-state index in [0.29, 0.717) is 6.42 Å². The van der Waals surface area contributed by atoms with Crippen LogP contribution in [0.25, 0.3) is 0 Å². The molecular formula is C16H21FN2O3S. The summed E-state index contributed by atoms with van der Waals surface area (Å²) in [5.41, 5.74) is 0.194. The molecule has 2 heterocycles. The predicted octanol–water partition coefficient (Wildman–Crippen LogP) is 2.18. The highest BCUT2D eigenvalue weighted by atomic mass is 32.2. The molecule has 0 radical (unpaired) electrons. The number of halogens is 1. The second kappa shape index (κ2) is 6.55. The van der Waals surface area contributed by atoms with E-state index in [4.69, 9.17) is 0 Å². The first-order valence-electron chi connectivity index (χ1n) is 8.10. The number of rotatable bonds is 3. The summed E-state index contributed by atoms with van der Waals surface area (Å²) in [5.74, 6) is -0.724. The summed E-state index contributed by atoms with van der Waals surface area (Å²) >= 11 is 0. The van der Waals surface area contributed by atoms with Crippen molar-refractivity contribution in [1.29, 1.82) is 0 Å². The van der Waals surface area contributed by atoms with E-state index in [2.05, 4.69) is 4.98 Å². The second-order valence-electron chi connectivity index (χ2n) is 6.45. The van der Waals surface area contributed by atoms with E-state index in [9.17, 15) is 17.6 Å². The van der Waals surface area contributed by atoms with Crippen molar-refractivity contribution < 1.29 is 17.6 Å². The van der Waals surface area contributed by atoms with Crippen molar-refractivity contribution >= 4 is 15.7 Å². The Morgan fingerprint density at radius 1 is 1.13 bits per heavy atom. The zero-order chi connectivity index (χ0) is 16.4. The lowest BCUT2D eigenvalue weighted by Crippen LogP contribution is -2.48. The van der Waals surface area contributed by atoms with Crippen LogP contribution in [-0.4, -0.2) is 47.8 Å². The average molecular weight is 340 g/mol. The third-order valence-corrected chi connectivity index (χ3v) is 6.51. The van der Waals surface area contributed by atoms with Gasteiger partial charge in [0.25, 0.3) is 5.91 Å². The monoisotopic (exact) mass is 340 g/mol. The number of hydrogen-bond donors (Lipinski definition) is 0. The number of hydrogen-bond acceptors (Lipinski definition) is 4. The maximum Gasteiger partial charge on any atom is 0.256 e. The van der Waals surface area contributed by atoms with Crippen molar-refractivity contribution in [3.05, 3.63) is 29.8 Å². The van der Waals surface area contributed by atoms with Crippen molar-refractivity contribution in [3.8, 4) is 0 Å². The molecular weight excluding hydrogens is 319 g/mol. The minimum absolute atomic E-state index is 0.0119. The lowest BCUT2D eigenvalue weighted by molar-refractivity contribution is 0.0541. The molecule has 23 heavy (non-hydrogen) atoms. The van der Waals surface area contributed by atoms with Crippen LogP contribution in [-0.2, 0) is 9.84 Å². The summed E-state index contributed by atoms with van der Waals surface area (Å²) in [6.45, 7) is 0. The predicted molar refractivity (Wildman–Crippen MR) is 84.3 cm³/mol. The first-order chi connectivity index (χ1) is 11.0. The topological polar surface area (TPSA) is 67.3 Å². The van der Waals surface area contributed by atoms with Crippen LogP contribution in [0.3, 0.4) is 0 Å².